The molecule has 1 aromatic rings. The number of nitrogens with one attached hydrogen (secondary N) is 1. The highest BCUT2D eigenvalue weighted by atomic mass is 35.5. The van der Waals surface area contributed by atoms with Crippen molar-refractivity contribution < 1.29 is 4.79 Å². The number of thiophene rings is 1. The first kappa shape index (κ1) is 13.4. The van der Waals surface area contributed by atoms with Gasteiger partial charge in [-0.25, -0.2) is 0 Å². The van der Waals surface area contributed by atoms with Crippen molar-refractivity contribution in [3.63, 3.8) is 0 Å². The van der Waals surface area contributed by atoms with Gasteiger partial charge in [0.2, 0.25) is 5.91 Å². The van der Waals surface area contributed by atoms with Crippen molar-refractivity contribution in [2.24, 2.45) is 23.5 Å². The summed E-state index contributed by atoms with van der Waals surface area (Å²) in [5.74, 6) is 1.31. The van der Waals surface area contributed by atoms with Crippen LogP contribution in [0.5, 0.6) is 0 Å². The van der Waals surface area contributed by atoms with Gasteiger partial charge in [-0.1, -0.05) is 11.6 Å². The van der Waals surface area contributed by atoms with E-state index in [1.165, 1.54) is 17.7 Å². The molecule has 2 saturated carbocycles. The van der Waals surface area contributed by atoms with Crippen LogP contribution in [0.1, 0.15) is 24.1 Å². The van der Waals surface area contributed by atoms with Gasteiger partial charge in [0, 0.05) is 17.5 Å². The van der Waals surface area contributed by atoms with Crippen molar-refractivity contribution in [3.05, 3.63) is 21.3 Å². The molecule has 3 rings (SSSR count). The number of hydrogen-bond acceptors (Lipinski definition) is 3. The number of carbonyl (C=O) groups excluding carboxylic acids is 1. The Morgan fingerprint density at radius 2 is 2.21 bits per heavy atom. The summed E-state index contributed by atoms with van der Waals surface area (Å²) >= 11 is 7.46. The molecule has 2 bridgehead atoms. The molecule has 2 fully saturated rings. The maximum absolute atomic E-state index is 12.2. The van der Waals surface area contributed by atoms with Crippen LogP contribution in [0.25, 0.3) is 0 Å². The minimum absolute atomic E-state index is 0.0469. The summed E-state index contributed by atoms with van der Waals surface area (Å²) in [6.45, 7) is 0.677. The molecular formula is C14H19ClN2OS. The second-order valence-corrected chi connectivity index (χ2v) is 7.48. The normalized spacial score (nSPS) is 32.7. The van der Waals surface area contributed by atoms with Gasteiger partial charge in [0.25, 0.3) is 0 Å². The van der Waals surface area contributed by atoms with Crippen molar-refractivity contribution in [3.8, 4) is 0 Å². The molecular weight excluding hydrogens is 280 g/mol. The Morgan fingerprint density at radius 3 is 2.84 bits per heavy atom. The highest BCUT2D eigenvalue weighted by molar-refractivity contribution is 7.16. The molecule has 5 heteroatoms. The van der Waals surface area contributed by atoms with E-state index in [2.05, 4.69) is 5.32 Å². The number of carbonyl (C=O) groups is 1. The molecule has 3 nitrogen and oxygen atoms in total. The van der Waals surface area contributed by atoms with Crippen LogP contribution in [0.2, 0.25) is 4.34 Å². The summed E-state index contributed by atoms with van der Waals surface area (Å²) in [5.41, 5.74) is 6.18. The molecule has 1 amide bonds. The minimum Gasteiger partial charge on any atom is -0.355 e. The first-order valence-corrected chi connectivity index (χ1v) is 8.12. The lowest BCUT2D eigenvalue weighted by molar-refractivity contribution is -0.127. The van der Waals surface area contributed by atoms with Gasteiger partial charge >= 0.3 is 0 Å². The predicted molar refractivity (Wildman–Crippen MR) is 78.3 cm³/mol. The highest BCUT2D eigenvalue weighted by Crippen LogP contribution is 2.47. The van der Waals surface area contributed by atoms with Gasteiger partial charge in [0.05, 0.1) is 10.3 Å². The maximum atomic E-state index is 12.2. The molecule has 19 heavy (non-hydrogen) atoms. The summed E-state index contributed by atoms with van der Waals surface area (Å²) in [4.78, 5) is 13.4. The molecule has 0 radical (unpaired) electrons. The van der Waals surface area contributed by atoms with Crippen LogP contribution in [-0.4, -0.2) is 18.5 Å². The fourth-order valence-electron chi connectivity index (χ4n) is 3.64. The van der Waals surface area contributed by atoms with Crippen LogP contribution in [0, 0.1) is 17.8 Å². The average Bonchev–Trinajstić information content (AvgIpc) is 3.05. The van der Waals surface area contributed by atoms with Gasteiger partial charge in [-0.05, 0) is 49.7 Å². The molecule has 0 aromatic carbocycles. The van der Waals surface area contributed by atoms with Crippen molar-refractivity contribution in [2.75, 3.05) is 6.54 Å². The zero-order chi connectivity index (χ0) is 13.4. The molecule has 1 heterocycles. The fraction of sp³-hybridized carbons (Fsp3) is 0.643. The Morgan fingerprint density at radius 1 is 1.42 bits per heavy atom. The topological polar surface area (TPSA) is 55.1 Å². The third kappa shape index (κ3) is 2.67. The number of fused-ring (bicyclic) bond motifs is 2. The summed E-state index contributed by atoms with van der Waals surface area (Å²) in [6, 6.07) is 3.99. The summed E-state index contributed by atoms with van der Waals surface area (Å²) < 4.78 is 0.802. The van der Waals surface area contributed by atoms with Crippen LogP contribution < -0.4 is 11.1 Å². The second kappa shape index (κ2) is 5.43. The van der Waals surface area contributed by atoms with Crippen molar-refractivity contribution >= 4 is 28.8 Å². The molecule has 4 atom stereocenters. The van der Waals surface area contributed by atoms with Gasteiger partial charge in [-0.2, -0.15) is 0 Å². The quantitative estimate of drug-likeness (QED) is 0.897. The third-order valence-corrected chi connectivity index (χ3v) is 5.87. The SMILES string of the molecule is NC1C2CCC(C2)C1C(=O)NCCc1ccc(Cl)s1. The van der Waals surface area contributed by atoms with E-state index in [-0.39, 0.29) is 17.9 Å². The van der Waals surface area contributed by atoms with Gasteiger partial charge in [0.1, 0.15) is 0 Å². The van der Waals surface area contributed by atoms with Crippen molar-refractivity contribution in [1.29, 1.82) is 0 Å². The lowest BCUT2D eigenvalue weighted by Crippen LogP contribution is -2.45. The van der Waals surface area contributed by atoms with Gasteiger partial charge < -0.3 is 11.1 Å². The fourth-order valence-corrected chi connectivity index (χ4v) is 4.72. The summed E-state index contributed by atoms with van der Waals surface area (Å²) in [6.07, 6.45) is 4.39. The minimum atomic E-state index is 0.0469. The monoisotopic (exact) mass is 298 g/mol. The first-order chi connectivity index (χ1) is 9.15. The second-order valence-electron chi connectivity index (χ2n) is 5.68. The number of amides is 1. The standard InChI is InChI=1S/C14H19ClN2OS/c15-11-4-3-10(19-11)5-6-17-14(18)12-8-1-2-9(7-8)13(12)16/h3-4,8-9,12-13H,1-2,5-7,16H2,(H,17,18). The predicted octanol–water partition coefficient (Wildman–Crippen LogP) is 2.43. The number of nitrogens with two attached hydrogens (primary N) is 1. The van der Waals surface area contributed by atoms with Crippen LogP contribution in [0.3, 0.4) is 0 Å². The summed E-state index contributed by atoms with van der Waals surface area (Å²) in [7, 11) is 0. The van der Waals surface area contributed by atoms with Crippen LogP contribution >= 0.6 is 22.9 Å². The smallest absolute Gasteiger partial charge is 0.224 e. The van der Waals surface area contributed by atoms with E-state index >= 15 is 0 Å². The van der Waals surface area contributed by atoms with E-state index in [0.717, 1.165) is 17.2 Å². The van der Waals surface area contributed by atoms with Crippen LogP contribution in [-0.2, 0) is 11.2 Å². The van der Waals surface area contributed by atoms with E-state index in [1.54, 1.807) is 11.3 Å². The molecule has 2 aliphatic carbocycles. The Bertz CT molecular complexity index is 474. The lowest BCUT2D eigenvalue weighted by atomic mass is 9.84. The zero-order valence-corrected chi connectivity index (χ0v) is 12.3. The number of hydrogen-bond donors (Lipinski definition) is 2. The maximum Gasteiger partial charge on any atom is 0.224 e. The lowest BCUT2D eigenvalue weighted by Gasteiger charge is -2.26. The van der Waals surface area contributed by atoms with Crippen LogP contribution in [0.15, 0.2) is 12.1 Å². The Hall–Kier alpha value is -0.580. The van der Waals surface area contributed by atoms with Gasteiger partial charge in [0.15, 0.2) is 0 Å². The van der Waals surface area contributed by atoms with E-state index < -0.39 is 0 Å². The molecule has 1 aromatic heterocycles. The largest absolute Gasteiger partial charge is 0.355 e. The third-order valence-electron chi connectivity index (χ3n) is 4.58. The van der Waals surface area contributed by atoms with Gasteiger partial charge in [-0.15, -0.1) is 11.3 Å². The van der Waals surface area contributed by atoms with E-state index in [4.69, 9.17) is 17.3 Å². The highest BCUT2D eigenvalue weighted by Gasteiger charge is 2.48. The zero-order valence-electron chi connectivity index (χ0n) is 10.8. The molecule has 4 unspecified atom stereocenters. The number of rotatable bonds is 4. The molecule has 2 aliphatic rings. The average molecular weight is 299 g/mol. The molecule has 3 N–H and O–H groups in total. The van der Waals surface area contributed by atoms with Crippen molar-refractivity contribution in [2.45, 2.75) is 31.7 Å². The van der Waals surface area contributed by atoms with E-state index in [0.29, 0.717) is 18.4 Å². The Kier molecular flexibility index (Phi) is 3.83. The molecule has 0 spiro atoms. The molecule has 0 aliphatic heterocycles. The summed E-state index contributed by atoms with van der Waals surface area (Å²) in [5, 5.41) is 3.04. The first-order valence-electron chi connectivity index (χ1n) is 6.92. The molecule has 104 valence electrons. The van der Waals surface area contributed by atoms with Crippen molar-refractivity contribution in [1.82, 2.24) is 5.32 Å². The Labute approximate surface area is 122 Å². The van der Waals surface area contributed by atoms with E-state index in [9.17, 15) is 4.79 Å². The number of halogens is 1. The van der Waals surface area contributed by atoms with E-state index in [1.807, 2.05) is 12.1 Å². The van der Waals surface area contributed by atoms with Gasteiger partial charge in [-0.3, -0.25) is 4.79 Å². The molecule has 0 saturated heterocycles. The van der Waals surface area contributed by atoms with Crippen LogP contribution in [0.4, 0.5) is 0 Å². The Balaban J connectivity index is 1.49.